The van der Waals surface area contributed by atoms with E-state index >= 15 is 0 Å². The highest BCUT2D eigenvalue weighted by Crippen LogP contribution is 2.21. The molecule has 5 heteroatoms. The van der Waals surface area contributed by atoms with E-state index in [1.165, 1.54) is 5.56 Å². The topological polar surface area (TPSA) is 54.5 Å². The minimum atomic E-state index is 0.168. The number of tetrazole rings is 1. The summed E-state index contributed by atoms with van der Waals surface area (Å²) in [5.74, 6) is 0.883. The first-order valence-electron chi connectivity index (χ1n) is 4.26. The molecule has 2 aromatic rings. The Kier molecular flexibility index (Phi) is 2.58. The Bertz CT molecular complexity index is 395. The zero-order chi connectivity index (χ0) is 9.97. The van der Waals surface area contributed by atoms with Gasteiger partial charge in [0.1, 0.15) is 0 Å². The van der Waals surface area contributed by atoms with Crippen LogP contribution in [0.25, 0.3) is 0 Å². The van der Waals surface area contributed by atoms with Crippen LogP contribution >= 0.6 is 15.9 Å². The Hall–Kier alpha value is -1.23. The highest BCUT2D eigenvalue weighted by molar-refractivity contribution is 9.10. The minimum Gasteiger partial charge on any atom is -0.177 e. The third-order valence-electron chi connectivity index (χ3n) is 2.12. The lowest BCUT2D eigenvalue weighted by Gasteiger charge is -2.06. The van der Waals surface area contributed by atoms with Gasteiger partial charge in [-0.15, -0.1) is 10.2 Å². The van der Waals surface area contributed by atoms with Gasteiger partial charge < -0.3 is 0 Å². The van der Waals surface area contributed by atoms with Gasteiger partial charge in [0.05, 0.1) is 0 Å². The van der Waals surface area contributed by atoms with E-state index in [2.05, 4.69) is 36.6 Å². The van der Waals surface area contributed by atoms with Crippen LogP contribution in [0.5, 0.6) is 0 Å². The van der Waals surface area contributed by atoms with Crippen molar-refractivity contribution in [1.82, 2.24) is 20.6 Å². The smallest absolute Gasteiger partial charge is 0.177 e. The molecule has 0 aliphatic heterocycles. The molecule has 2 rings (SSSR count). The van der Waals surface area contributed by atoms with Crippen LogP contribution in [0.4, 0.5) is 0 Å². The van der Waals surface area contributed by atoms with E-state index in [0.717, 1.165) is 4.47 Å². The van der Waals surface area contributed by atoms with Crippen molar-refractivity contribution in [2.75, 3.05) is 0 Å². The third kappa shape index (κ3) is 1.82. The summed E-state index contributed by atoms with van der Waals surface area (Å²) in [7, 11) is 0. The monoisotopic (exact) mass is 252 g/mol. The molecule has 0 aliphatic rings. The quantitative estimate of drug-likeness (QED) is 0.891. The zero-order valence-corrected chi connectivity index (χ0v) is 9.19. The summed E-state index contributed by atoms with van der Waals surface area (Å²) in [5, 5.41) is 13.9. The van der Waals surface area contributed by atoms with E-state index in [-0.39, 0.29) is 5.92 Å². The molecule has 0 radical (unpaired) electrons. The van der Waals surface area contributed by atoms with Crippen molar-refractivity contribution >= 4 is 15.9 Å². The summed E-state index contributed by atoms with van der Waals surface area (Å²) >= 11 is 3.39. The Morgan fingerprint density at radius 3 is 2.57 bits per heavy atom. The Morgan fingerprint density at radius 1 is 1.29 bits per heavy atom. The summed E-state index contributed by atoms with van der Waals surface area (Å²) in [6.45, 7) is 2.05. The lowest BCUT2D eigenvalue weighted by Crippen LogP contribution is -1.98. The van der Waals surface area contributed by atoms with Gasteiger partial charge >= 0.3 is 0 Å². The van der Waals surface area contributed by atoms with Crippen LogP contribution in [0.1, 0.15) is 24.2 Å². The van der Waals surface area contributed by atoms with E-state index in [1.54, 1.807) is 0 Å². The third-order valence-corrected chi connectivity index (χ3v) is 2.65. The van der Waals surface area contributed by atoms with Gasteiger partial charge in [-0.3, -0.25) is 0 Å². The highest BCUT2D eigenvalue weighted by Gasteiger charge is 2.11. The second kappa shape index (κ2) is 3.88. The lowest BCUT2D eigenvalue weighted by molar-refractivity contribution is 0.821. The predicted molar refractivity (Wildman–Crippen MR) is 55.8 cm³/mol. The molecular weight excluding hydrogens is 244 g/mol. The number of H-pyrrole nitrogens is 1. The molecule has 4 nitrogen and oxygen atoms in total. The molecule has 0 bridgehead atoms. The zero-order valence-electron chi connectivity index (χ0n) is 7.61. The van der Waals surface area contributed by atoms with Crippen molar-refractivity contribution in [2.45, 2.75) is 12.8 Å². The van der Waals surface area contributed by atoms with Crippen LogP contribution in [0.15, 0.2) is 28.7 Å². The van der Waals surface area contributed by atoms with Crippen molar-refractivity contribution in [3.8, 4) is 0 Å². The number of hydrogen-bond acceptors (Lipinski definition) is 3. The first-order chi connectivity index (χ1) is 6.77. The van der Waals surface area contributed by atoms with Gasteiger partial charge in [0.25, 0.3) is 0 Å². The maximum absolute atomic E-state index is 3.96. The molecule has 14 heavy (non-hydrogen) atoms. The maximum Gasteiger partial charge on any atom is 0.181 e. The fourth-order valence-electron chi connectivity index (χ4n) is 1.25. The molecule has 1 aromatic heterocycles. The standard InChI is InChI=1S/C9H9BrN4/c1-6(9-11-13-14-12-9)7-2-4-8(10)5-3-7/h2-6H,1H3,(H,11,12,13,14). The van der Waals surface area contributed by atoms with Crippen LogP contribution < -0.4 is 0 Å². The average molecular weight is 253 g/mol. The molecule has 0 aliphatic carbocycles. The van der Waals surface area contributed by atoms with Gasteiger partial charge in [-0.1, -0.05) is 40.2 Å². The van der Waals surface area contributed by atoms with Crippen molar-refractivity contribution in [1.29, 1.82) is 0 Å². The minimum absolute atomic E-state index is 0.168. The van der Waals surface area contributed by atoms with Gasteiger partial charge in [-0.2, -0.15) is 5.21 Å². The number of nitrogens with zero attached hydrogens (tertiary/aromatic N) is 3. The number of benzene rings is 1. The molecule has 1 unspecified atom stereocenters. The molecule has 1 heterocycles. The van der Waals surface area contributed by atoms with Gasteiger partial charge in [-0.05, 0) is 17.7 Å². The van der Waals surface area contributed by atoms with Crippen molar-refractivity contribution in [3.63, 3.8) is 0 Å². The molecule has 0 amide bonds. The predicted octanol–water partition coefficient (Wildman–Crippen LogP) is 2.11. The molecule has 0 saturated heterocycles. The molecule has 1 aromatic carbocycles. The molecular formula is C9H9BrN4. The van der Waals surface area contributed by atoms with E-state index in [1.807, 2.05) is 31.2 Å². The lowest BCUT2D eigenvalue weighted by atomic mass is 10.0. The molecule has 1 N–H and O–H groups in total. The van der Waals surface area contributed by atoms with Crippen molar-refractivity contribution < 1.29 is 0 Å². The normalized spacial score (nSPS) is 12.7. The van der Waals surface area contributed by atoms with Crippen LogP contribution in [0.2, 0.25) is 0 Å². The van der Waals surface area contributed by atoms with Crippen LogP contribution in [0, 0.1) is 0 Å². The summed E-state index contributed by atoms with van der Waals surface area (Å²) in [6.07, 6.45) is 0. The summed E-state index contributed by atoms with van der Waals surface area (Å²) in [4.78, 5) is 0. The van der Waals surface area contributed by atoms with Gasteiger partial charge in [0.2, 0.25) is 0 Å². The Labute approximate surface area is 89.9 Å². The van der Waals surface area contributed by atoms with Crippen molar-refractivity contribution in [2.24, 2.45) is 0 Å². The molecule has 1 atom stereocenters. The van der Waals surface area contributed by atoms with Gasteiger partial charge in [0.15, 0.2) is 5.82 Å². The molecule has 0 saturated carbocycles. The summed E-state index contributed by atoms with van der Waals surface area (Å²) in [5.41, 5.74) is 1.18. The first-order valence-corrected chi connectivity index (χ1v) is 5.05. The fraction of sp³-hybridized carbons (Fsp3) is 0.222. The van der Waals surface area contributed by atoms with Crippen LogP contribution in [-0.2, 0) is 0 Å². The number of hydrogen-bond donors (Lipinski definition) is 1. The highest BCUT2D eigenvalue weighted by atomic mass is 79.9. The molecule has 0 spiro atoms. The SMILES string of the molecule is CC(c1ccc(Br)cc1)c1nn[nH]n1. The summed E-state index contributed by atoms with van der Waals surface area (Å²) < 4.78 is 1.07. The van der Waals surface area contributed by atoms with E-state index in [9.17, 15) is 0 Å². The van der Waals surface area contributed by atoms with Crippen molar-refractivity contribution in [3.05, 3.63) is 40.1 Å². The second-order valence-corrected chi connectivity index (χ2v) is 3.96. The summed E-state index contributed by atoms with van der Waals surface area (Å²) in [6, 6.07) is 8.11. The van der Waals surface area contributed by atoms with E-state index in [0.29, 0.717) is 5.82 Å². The van der Waals surface area contributed by atoms with Gasteiger partial charge in [-0.25, -0.2) is 0 Å². The average Bonchev–Trinajstić information content (AvgIpc) is 2.71. The molecule has 0 fully saturated rings. The first kappa shape index (κ1) is 9.33. The van der Waals surface area contributed by atoms with Crippen LogP contribution in [0.3, 0.4) is 0 Å². The number of halogens is 1. The number of aromatic amines is 1. The Morgan fingerprint density at radius 2 is 2.00 bits per heavy atom. The van der Waals surface area contributed by atoms with Crippen LogP contribution in [-0.4, -0.2) is 20.6 Å². The van der Waals surface area contributed by atoms with Gasteiger partial charge in [0, 0.05) is 10.4 Å². The Balaban J connectivity index is 2.28. The maximum atomic E-state index is 3.96. The number of nitrogens with one attached hydrogen (secondary N) is 1. The fourth-order valence-corrected chi connectivity index (χ4v) is 1.52. The molecule has 72 valence electrons. The van der Waals surface area contributed by atoms with E-state index in [4.69, 9.17) is 0 Å². The second-order valence-electron chi connectivity index (χ2n) is 3.04. The number of aromatic nitrogens is 4. The number of rotatable bonds is 2. The largest absolute Gasteiger partial charge is 0.181 e. The van der Waals surface area contributed by atoms with E-state index < -0.39 is 0 Å².